The van der Waals surface area contributed by atoms with E-state index in [-0.39, 0.29) is 57.1 Å². The molecule has 0 N–H and O–H groups in total. The van der Waals surface area contributed by atoms with Crippen LogP contribution in [0.4, 0.5) is 0 Å². The molecule has 14 heteroatoms. The standard InChI is InChI=1S/C32H26N4O2.C26H22N4O2.2Cu/c37-31-13-3-1-11-27(31)29-15-17-35(33-29)21-23-7-5-9-25(19-23)26-10-6-8-24(20-26)22-36-18-16-30(34-36)28-12-2-4-14-32(28)38;31-25-7-3-1-5-21(25)23-13-15-29(27-23)17-19-9-11-20(12-10-19)18-30-16-14-24(28-30)22-6-2-4-8-26(22)32;;/h1-20,37-38H,21-22H2;1-16,31-32H,17-18H2;;/q;;2*+2/p-4. The van der Waals surface area contributed by atoms with Crippen LogP contribution in [0.3, 0.4) is 0 Å². The van der Waals surface area contributed by atoms with Crippen molar-refractivity contribution in [3.8, 4) is 79.2 Å². The van der Waals surface area contributed by atoms with Gasteiger partial charge in [-0.2, -0.15) is 20.4 Å². The largest absolute Gasteiger partial charge is 2.00 e. The van der Waals surface area contributed by atoms with Gasteiger partial charge in [-0.05, 0) is 92.0 Å². The zero-order valence-electron chi connectivity index (χ0n) is 38.4. The topological polar surface area (TPSA) is 164 Å². The average Bonchev–Trinajstić information content (AvgIpc) is 4.23. The van der Waals surface area contributed by atoms with Crippen LogP contribution < -0.4 is 20.4 Å². The number of hydrogen-bond donors (Lipinski definition) is 0. The second-order valence-electron chi connectivity index (χ2n) is 16.8. The molecule has 4 heterocycles. The summed E-state index contributed by atoms with van der Waals surface area (Å²) in [5, 5.41) is 66.6. The van der Waals surface area contributed by atoms with Crippen LogP contribution in [0.2, 0.25) is 0 Å². The third kappa shape index (κ3) is 12.0. The van der Waals surface area contributed by atoms with Crippen LogP contribution in [0.5, 0.6) is 23.0 Å². The minimum atomic E-state index is -0.0267. The molecule has 2 radical (unpaired) electrons. The maximum atomic E-state index is 12.1. The molecule has 12 nitrogen and oxygen atoms in total. The van der Waals surface area contributed by atoms with Gasteiger partial charge < -0.3 is 20.4 Å². The second-order valence-corrected chi connectivity index (χ2v) is 16.8. The van der Waals surface area contributed by atoms with E-state index in [0.29, 0.717) is 71.2 Å². The van der Waals surface area contributed by atoms with Gasteiger partial charge in [-0.1, -0.05) is 181 Å². The summed E-state index contributed by atoms with van der Waals surface area (Å²) in [5.74, 6) is -0.104. The molecule has 0 aliphatic heterocycles. The number of benzene rings is 7. The van der Waals surface area contributed by atoms with Gasteiger partial charge in [0, 0.05) is 24.8 Å². The molecule has 72 heavy (non-hydrogen) atoms. The van der Waals surface area contributed by atoms with E-state index < -0.39 is 0 Å². The molecule has 0 atom stereocenters. The van der Waals surface area contributed by atoms with Gasteiger partial charge in [0.05, 0.1) is 49.0 Å². The molecular weight excluding hydrogens is 1000 g/mol. The molecule has 0 unspecified atom stereocenters. The molecule has 0 aliphatic carbocycles. The smallest absolute Gasteiger partial charge is 0.872 e. The SMILES string of the molecule is [Cu+2].[Cu+2].[O-]c1ccccc1-c1ccn(Cc2ccc(Cn3ccc(-c4ccccc4[O-])n3)cc2)n1.[O-]c1ccccc1-c1ccn(Cc2cccc(-c3cccc(Cn4ccc(-c5ccccc5[O-])n4)c3)c2)n1. The Labute approximate surface area is 437 Å². The maximum absolute atomic E-state index is 12.1. The van der Waals surface area contributed by atoms with Gasteiger partial charge in [0.15, 0.2) is 0 Å². The third-order valence-corrected chi connectivity index (χ3v) is 11.8. The van der Waals surface area contributed by atoms with E-state index in [1.807, 2.05) is 92.0 Å². The summed E-state index contributed by atoms with van der Waals surface area (Å²) in [6, 6.07) is 60.3. The molecule has 11 aromatic rings. The normalized spacial score (nSPS) is 10.7. The van der Waals surface area contributed by atoms with E-state index in [4.69, 9.17) is 0 Å². The first kappa shape index (κ1) is 50.0. The Balaban J connectivity index is 0.000000190. The Hall–Kier alpha value is -8.38. The van der Waals surface area contributed by atoms with Gasteiger partial charge in [-0.15, -0.1) is 0 Å². The monoisotopic (exact) mass is 1040 g/mol. The fourth-order valence-corrected chi connectivity index (χ4v) is 8.28. The molecule has 362 valence electrons. The fraction of sp³-hybridized carbons (Fsp3) is 0.0690. The number of para-hydroxylation sites is 4. The number of hydrogen-bond acceptors (Lipinski definition) is 8. The van der Waals surface area contributed by atoms with E-state index in [1.54, 1.807) is 72.8 Å². The number of aromatic nitrogens is 8. The van der Waals surface area contributed by atoms with Gasteiger partial charge in [-0.25, -0.2) is 0 Å². The van der Waals surface area contributed by atoms with Crippen molar-refractivity contribution >= 4 is 0 Å². The molecule has 0 saturated heterocycles. The summed E-state index contributed by atoms with van der Waals surface area (Å²) in [6.07, 6.45) is 7.57. The van der Waals surface area contributed by atoms with Gasteiger partial charge in [0.2, 0.25) is 0 Å². The summed E-state index contributed by atoms with van der Waals surface area (Å²) in [4.78, 5) is 0. The van der Waals surface area contributed by atoms with Crippen LogP contribution in [0.1, 0.15) is 22.3 Å². The van der Waals surface area contributed by atoms with Crippen LogP contribution in [-0.4, -0.2) is 39.1 Å². The summed E-state index contributed by atoms with van der Waals surface area (Å²) in [6.45, 7) is 2.44. The molecule has 0 fully saturated rings. The van der Waals surface area contributed by atoms with Crippen LogP contribution >= 0.6 is 0 Å². The van der Waals surface area contributed by atoms with Crippen molar-refractivity contribution in [3.63, 3.8) is 0 Å². The summed E-state index contributed by atoms with van der Waals surface area (Å²) < 4.78 is 7.37. The number of nitrogens with zero attached hydrogens (tertiary/aromatic N) is 8. The summed E-state index contributed by atoms with van der Waals surface area (Å²) in [5.41, 5.74) is 11.8. The van der Waals surface area contributed by atoms with Crippen molar-refractivity contribution in [1.82, 2.24) is 39.1 Å². The number of rotatable bonds is 13. The van der Waals surface area contributed by atoms with E-state index >= 15 is 0 Å². The van der Waals surface area contributed by atoms with Gasteiger partial charge >= 0.3 is 34.1 Å². The van der Waals surface area contributed by atoms with Crippen molar-refractivity contribution in [3.05, 3.63) is 241 Å². The van der Waals surface area contributed by atoms with E-state index in [2.05, 4.69) is 93.2 Å². The first-order chi connectivity index (χ1) is 34.3. The molecule has 7 aromatic carbocycles. The van der Waals surface area contributed by atoms with Gasteiger partial charge in [0.1, 0.15) is 0 Å². The molecular formula is C58H44Cu2N8O4. The zero-order chi connectivity index (χ0) is 47.8. The summed E-state index contributed by atoms with van der Waals surface area (Å²) >= 11 is 0. The first-order valence-electron chi connectivity index (χ1n) is 22.7. The van der Waals surface area contributed by atoms with Crippen LogP contribution in [-0.2, 0) is 60.3 Å². The molecule has 0 aliphatic rings. The van der Waals surface area contributed by atoms with E-state index in [1.165, 1.54) is 0 Å². The van der Waals surface area contributed by atoms with Crippen molar-refractivity contribution in [2.75, 3.05) is 0 Å². The van der Waals surface area contributed by atoms with Crippen LogP contribution in [0, 0.1) is 0 Å². The Morgan fingerprint density at radius 1 is 0.278 bits per heavy atom. The maximum Gasteiger partial charge on any atom is 2.00 e. The molecule has 0 amide bonds. The molecule has 0 spiro atoms. The zero-order valence-corrected chi connectivity index (χ0v) is 40.3. The van der Waals surface area contributed by atoms with E-state index in [0.717, 1.165) is 33.4 Å². The quantitative estimate of drug-likeness (QED) is 0.103. The van der Waals surface area contributed by atoms with E-state index in [9.17, 15) is 20.4 Å². The molecule has 0 bridgehead atoms. The second kappa shape index (κ2) is 23.0. The Morgan fingerprint density at radius 2 is 0.542 bits per heavy atom. The van der Waals surface area contributed by atoms with Crippen molar-refractivity contribution < 1.29 is 54.6 Å². The van der Waals surface area contributed by atoms with Crippen molar-refractivity contribution in [1.29, 1.82) is 0 Å². The van der Waals surface area contributed by atoms with Crippen molar-refractivity contribution in [2.24, 2.45) is 0 Å². The van der Waals surface area contributed by atoms with Crippen molar-refractivity contribution in [2.45, 2.75) is 26.2 Å². The molecule has 11 rings (SSSR count). The van der Waals surface area contributed by atoms with Crippen LogP contribution in [0.25, 0.3) is 56.2 Å². The predicted molar refractivity (Wildman–Crippen MR) is 263 cm³/mol. The first-order valence-corrected chi connectivity index (χ1v) is 22.7. The minimum absolute atomic E-state index is 0. The Morgan fingerprint density at radius 3 is 0.819 bits per heavy atom. The van der Waals surface area contributed by atoms with Gasteiger partial charge in [0.25, 0.3) is 0 Å². The predicted octanol–water partition coefficient (Wildman–Crippen LogP) is 8.98. The van der Waals surface area contributed by atoms with Crippen LogP contribution in [0.15, 0.2) is 219 Å². The average molecular weight is 1040 g/mol. The molecule has 0 saturated carbocycles. The molecule has 4 aromatic heterocycles. The Bertz CT molecular complexity index is 3310. The third-order valence-electron chi connectivity index (χ3n) is 11.8. The van der Waals surface area contributed by atoms with Gasteiger partial charge in [-0.3, -0.25) is 18.7 Å². The fourth-order valence-electron chi connectivity index (χ4n) is 8.28. The minimum Gasteiger partial charge on any atom is -0.872 e. The Kier molecular flexibility index (Phi) is 16.0. The summed E-state index contributed by atoms with van der Waals surface area (Å²) in [7, 11) is 0.